The van der Waals surface area contributed by atoms with Gasteiger partial charge in [0.05, 0.1) is 26.4 Å². The zero-order valence-electron chi connectivity index (χ0n) is 10.9. The van der Waals surface area contributed by atoms with Crippen molar-refractivity contribution < 1.29 is 14.3 Å². The van der Waals surface area contributed by atoms with Crippen LogP contribution in [0.15, 0.2) is 0 Å². The molecule has 102 valence electrons. The van der Waals surface area contributed by atoms with Gasteiger partial charge in [0.2, 0.25) is 11.8 Å². The number of amides is 2. The van der Waals surface area contributed by atoms with Crippen molar-refractivity contribution in [1.82, 2.24) is 14.7 Å². The smallest absolute Gasteiger partial charge is 0.238 e. The Balaban J connectivity index is 1.78. The van der Waals surface area contributed by atoms with E-state index in [1.807, 2.05) is 6.92 Å². The van der Waals surface area contributed by atoms with Crippen LogP contribution in [0.4, 0.5) is 0 Å². The summed E-state index contributed by atoms with van der Waals surface area (Å²) < 4.78 is 5.25. The molecule has 2 fully saturated rings. The fourth-order valence-corrected chi connectivity index (χ4v) is 2.27. The number of carbonyl (C=O) groups is 2. The van der Waals surface area contributed by atoms with Gasteiger partial charge in [0.15, 0.2) is 0 Å². The molecule has 2 rings (SSSR count). The summed E-state index contributed by atoms with van der Waals surface area (Å²) in [5.74, 6) is 0.236. The van der Waals surface area contributed by atoms with Crippen LogP contribution in [0.1, 0.15) is 13.3 Å². The van der Waals surface area contributed by atoms with Gasteiger partial charge in [-0.2, -0.15) is 0 Å². The summed E-state index contributed by atoms with van der Waals surface area (Å²) in [4.78, 5) is 29.2. The molecule has 0 radical (unpaired) electrons. The SMILES string of the molecule is CCC(=O)N1CCN(C(=O)CN2CCOCC2)C1. The van der Waals surface area contributed by atoms with Crippen molar-refractivity contribution in [3.05, 3.63) is 0 Å². The highest BCUT2D eigenvalue weighted by molar-refractivity contribution is 5.81. The molecule has 0 atom stereocenters. The van der Waals surface area contributed by atoms with E-state index in [9.17, 15) is 9.59 Å². The summed E-state index contributed by atoms with van der Waals surface area (Å²) in [5, 5.41) is 0. The van der Waals surface area contributed by atoms with E-state index in [0.717, 1.165) is 13.1 Å². The highest BCUT2D eigenvalue weighted by Crippen LogP contribution is 2.08. The van der Waals surface area contributed by atoms with Crippen LogP contribution >= 0.6 is 0 Å². The summed E-state index contributed by atoms with van der Waals surface area (Å²) in [6.07, 6.45) is 0.505. The molecule has 0 bridgehead atoms. The summed E-state index contributed by atoms with van der Waals surface area (Å²) in [7, 11) is 0. The van der Waals surface area contributed by atoms with Crippen LogP contribution in [0.25, 0.3) is 0 Å². The number of carbonyl (C=O) groups excluding carboxylic acids is 2. The molecule has 0 aromatic heterocycles. The van der Waals surface area contributed by atoms with Gasteiger partial charge in [0.25, 0.3) is 0 Å². The van der Waals surface area contributed by atoms with Gasteiger partial charge in [-0.15, -0.1) is 0 Å². The van der Waals surface area contributed by atoms with E-state index in [-0.39, 0.29) is 11.8 Å². The van der Waals surface area contributed by atoms with E-state index >= 15 is 0 Å². The molecule has 2 saturated heterocycles. The Bertz CT molecular complexity index is 316. The van der Waals surface area contributed by atoms with Crippen LogP contribution in [0, 0.1) is 0 Å². The third kappa shape index (κ3) is 3.20. The van der Waals surface area contributed by atoms with Gasteiger partial charge in [-0.05, 0) is 0 Å². The number of hydrogen-bond donors (Lipinski definition) is 0. The molecule has 0 aromatic carbocycles. The van der Waals surface area contributed by atoms with Crippen molar-refractivity contribution in [3.63, 3.8) is 0 Å². The number of hydrogen-bond acceptors (Lipinski definition) is 4. The molecule has 2 aliphatic rings. The van der Waals surface area contributed by atoms with Gasteiger partial charge in [-0.1, -0.05) is 6.92 Å². The molecule has 18 heavy (non-hydrogen) atoms. The summed E-state index contributed by atoms with van der Waals surface area (Å²) >= 11 is 0. The molecule has 0 saturated carbocycles. The first-order valence-corrected chi connectivity index (χ1v) is 6.56. The maximum Gasteiger partial charge on any atom is 0.238 e. The van der Waals surface area contributed by atoms with Crippen LogP contribution < -0.4 is 0 Å². The first kappa shape index (κ1) is 13.3. The maximum atomic E-state index is 12.1. The highest BCUT2D eigenvalue weighted by atomic mass is 16.5. The number of rotatable bonds is 3. The van der Waals surface area contributed by atoms with Crippen LogP contribution in [-0.2, 0) is 14.3 Å². The number of nitrogens with zero attached hydrogens (tertiary/aromatic N) is 3. The predicted octanol–water partition coefficient (Wildman–Crippen LogP) is -0.643. The van der Waals surface area contributed by atoms with Crippen molar-refractivity contribution in [3.8, 4) is 0 Å². The topological polar surface area (TPSA) is 53.1 Å². The first-order valence-electron chi connectivity index (χ1n) is 6.56. The number of ether oxygens (including phenoxy) is 1. The minimum atomic E-state index is 0.114. The van der Waals surface area contributed by atoms with Crippen LogP contribution in [-0.4, -0.2) is 79.1 Å². The molecule has 2 amide bonds. The maximum absolute atomic E-state index is 12.1. The fraction of sp³-hybridized carbons (Fsp3) is 0.833. The van der Waals surface area contributed by atoms with Crippen LogP contribution in [0.5, 0.6) is 0 Å². The second kappa shape index (κ2) is 6.15. The summed E-state index contributed by atoms with van der Waals surface area (Å²) in [6.45, 7) is 7.11. The van der Waals surface area contributed by atoms with Gasteiger partial charge in [-0.25, -0.2) is 0 Å². The molecule has 2 aliphatic heterocycles. The van der Waals surface area contributed by atoms with Gasteiger partial charge >= 0.3 is 0 Å². The van der Waals surface area contributed by atoms with E-state index in [1.165, 1.54) is 0 Å². The van der Waals surface area contributed by atoms with E-state index < -0.39 is 0 Å². The normalized spacial score (nSPS) is 21.4. The Morgan fingerprint density at radius 2 is 1.61 bits per heavy atom. The Kier molecular flexibility index (Phi) is 4.54. The Labute approximate surface area is 107 Å². The van der Waals surface area contributed by atoms with Crippen molar-refractivity contribution in [2.75, 3.05) is 52.6 Å². The van der Waals surface area contributed by atoms with Crippen molar-refractivity contribution in [2.45, 2.75) is 13.3 Å². The van der Waals surface area contributed by atoms with E-state index in [2.05, 4.69) is 4.90 Å². The van der Waals surface area contributed by atoms with Crippen molar-refractivity contribution >= 4 is 11.8 Å². The lowest BCUT2D eigenvalue weighted by molar-refractivity contribution is -0.135. The molecule has 0 unspecified atom stereocenters. The molecule has 0 aromatic rings. The van der Waals surface area contributed by atoms with Gasteiger partial charge < -0.3 is 14.5 Å². The van der Waals surface area contributed by atoms with Crippen LogP contribution in [0.2, 0.25) is 0 Å². The van der Waals surface area contributed by atoms with Gasteiger partial charge in [0.1, 0.15) is 0 Å². The van der Waals surface area contributed by atoms with E-state index in [1.54, 1.807) is 9.80 Å². The fourth-order valence-electron chi connectivity index (χ4n) is 2.27. The molecular formula is C12H21N3O3. The highest BCUT2D eigenvalue weighted by Gasteiger charge is 2.27. The lowest BCUT2D eigenvalue weighted by atomic mass is 10.4. The zero-order valence-corrected chi connectivity index (χ0v) is 10.9. The monoisotopic (exact) mass is 255 g/mol. The molecule has 0 aliphatic carbocycles. The lowest BCUT2D eigenvalue weighted by Crippen LogP contribution is -2.44. The zero-order chi connectivity index (χ0) is 13.0. The molecular weight excluding hydrogens is 234 g/mol. The average molecular weight is 255 g/mol. The van der Waals surface area contributed by atoms with Crippen LogP contribution in [0.3, 0.4) is 0 Å². The van der Waals surface area contributed by atoms with Crippen molar-refractivity contribution in [2.24, 2.45) is 0 Å². The Hall–Kier alpha value is -1.14. The van der Waals surface area contributed by atoms with E-state index in [4.69, 9.17) is 4.74 Å². The minimum Gasteiger partial charge on any atom is -0.379 e. The van der Waals surface area contributed by atoms with E-state index in [0.29, 0.717) is 45.9 Å². The lowest BCUT2D eigenvalue weighted by Gasteiger charge is -2.27. The second-order valence-electron chi connectivity index (χ2n) is 4.70. The average Bonchev–Trinajstić information content (AvgIpc) is 2.88. The third-order valence-corrected chi connectivity index (χ3v) is 3.45. The summed E-state index contributed by atoms with van der Waals surface area (Å²) in [5.41, 5.74) is 0. The predicted molar refractivity (Wildman–Crippen MR) is 65.8 cm³/mol. The first-order chi connectivity index (χ1) is 8.70. The Morgan fingerprint density at radius 3 is 2.22 bits per heavy atom. The molecule has 0 spiro atoms. The molecule has 0 N–H and O–H groups in total. The molecule has 6 heteroatoms. The Morgan fingerprint density at radius 1 is 1.00 bits per heavy atom. The number of morpholine rings is 1. The summed E-state index contributed by atoms with van der Waals surface area (Å²) in [6, 6.07) is 0. The second-order valence-corrected chi connectivity index (χ2v) is 4.70. The third-order valence-electron chi connectivity index (χ3n) is 3.45. The minimum absolute atomic E-state index is 0.114. The molecule has 6 nitrogen and oxygen atoms in total. The largest absolute Gasteiger partial charge is 0.379 e. The standard InChI is InChI=1S/C12H21N3O3/c1-2-11(16)14-3-4-15(10-14)12(17)9-13-5-7-18-8-6-13/h2-10H2,1H3. The van der Waals surface area contributed by atoms with Crippen molar-refractivity contribution in [1.29, 1.82) is 0 Å². The van der Waals surface area contributed by atoms with Gasteiger partial charge in [0, 0.05) is 32.6 Å². The quantitative estimate of drug-likeness (QED) is 0.673. The molecule has 2 heterocycles. The van der Waals surface area contributed by atoms with Gasteiger partial charge in [-0.3, -0.25) is 14.5 Å².